The largest absolute Gasteiger partial charge is 0.347 e. The number of aryl methyl sites for hydroxylation is 1. The number of anilines is 1. The van der Waals surface area contributed by atoms with Crippen molar-refractivity contribution in [2.45, 2.75) is 53.4 Å². The highest BCUT2D eigenvalue weighted by Gasteiger charge is 2.05. The molecule has 0 bridgehead atoms. The molecule has 0 aliphatic heterocycles. The van der Waals surface area contributed by atoms with Gasteiger partial charge in [-0.2, -0.15) is 0 Å². The Labute approximate surface area is 238 Å². The molecule has 0 radical (unpaired) electrons. The smallest absolute Gasteiger partial charge is 0.131 e. The van der Waals surface area contributed by atoms with Crippen LogP contribution in [0.25, 0.3) is 0 Å². The third kappa shape index (κ3) is 23.4. The van der Waals surface area contributed by atoms with Crippen molar-refractivity contribution in [2.75, 3.05) is 46.2 Å². The fraction of sp³-hybridized carbons (Fsp3) is 0.469. The number of carbonyl (C=O) groups excluding carboxylic acids is 2. The van der Waals surface area contributed by atoms with Crippen molar-refractivity contribution in [2.24, 2.45) is 10.9 Å². The minimum atomic E-state index is 0.236. The first-order valence-electron chi connectivity index (χ1n) is 13.3. The van der Waals surface area contributed by atoms with Gasteiger partial charge < -0.3 is 30.4 Å². The highest BCUT2D eigenvalue weighted by atomic mass is 16.1. The molecule has 0 aromatic heterocycles. The third-order valence-electron chi connectivity index (χ3n) is 5.47. The van der Waals surface area contributed by atoms with E-state index in [0.29, 0.717) is 6.29 Å². The molecule has 39 heavy (non-hydrogen) atoms. The summed E-state index contributed by atoms with van der Waals surface area (Å²) >= 11 is 0. The van der Waals surface area contributed by atoms with Gasteiger partial charge in [0.25, 0.3) is 0 Å². The number of para-hydroxylation sites is 1. The van der Waals surface area contributed by atoms with E-state index >= 15 is 0 Å². The molecule has 0 amide bonds. The molecule has 0 aliphatic rings. The van der Waals surface area contributed by atoms with Gasteiger partial charge in [0.2, 0.25) is 0 Å². The number of aliphatic imine (C=N–C) groups is 1. The Hall–Kier alpha value is -3.47. The van der Waals surface area contributed by atoms with Crippen LogP contribution >= 0.6 is 0 Å². The predicted molar refractivity (Wildman–Crippen MR) is 171 cm³/mol. The highest BCUT2D eigenvalue weighted by molar-refractivity contribution is 5.92. The number of terminal acetylenes is 1. The van der Waals surface area contributed by atoms with Gasteiger partial charge in [-0.25, -0.2) is 0 Å². The Balaban J connectivity index is -0.000000469. The Kier molecular flexibility index (Phi) is 29.9. The van der Waals surface area contributed by atoms with E-state index in [1.165, 1.54) is 16.8 Å². The monoisotopic (exact) mass is 539 g/mol. The van der Waals surface area contributed by atoms with Gasteiger partial charge in [0.05, 0.1) is 6.42 Å². The van der Waals surface area contributed by atoms with E-state index in [4.69, 9.17) is 0 Å². The second-order valence-corrected chi connectivity index (χ2v) is 8.52. The van der Waals surface area contributed by atoms with Crippen LogP contribution in [0.3, 0.4) is 0 Å². The first-order valence-corrected chi connectivity index (χ1v) is 13.3. The highest BCUT2D eigenvalue weighted by Crippen LogP contribution is 2.20. The van der Waals surface area contributed by atoms with Crippen LogP contribution < -0.4 is 20.9 Å². The molecule has 0 spiro atoms. The van der Waals surface area contributed by atoms with E-state index in [-0.39, 0.29) is 12.3 Å². The van der Waals surface area contributed by atoms with E-state index < -0.39 is 0 Å². The molecule has 0 saturated carbocycles. The molecule has 7 heteroatoms. The first kappa shape index (κ1) is 40.0. The molecule has 0 fully saturated rings. The standard InChI is InChI=1S/C12H18N2.C9H16N2.C7H15NO.C4H4O/c1-10-7-5-6-8-12(10)14(4)11(2)9-13-3;1-5-8(3)7-11-9(6-2)10-4;1-3-7(6-9)4-5-8-2;1-2-3-4-5/h5-8,13H,2,9H2,1,3-4H3;6-7H,2,5H2,1,3-4H3,(H,10,11);6-8H,3-5H2,1-2H3;1,4H,3H2/b;8-7-;;. The normalized spacial score (nSPS) is 10.9. The fourth-order valence-corrected chi connectivity index (χ4v) is 2.69. The lowest BCUT2D eigenvalue weighted by Crippen LogP contribution is -2.24. The van der Waals surface area contributed by atoms with E-state index in [1.807, 2.05) is 46.4 Å². The Morgan fingerprint density at radius 3 is 2.23 bits per heavy atom. The molecule has 7 nitrogen and oxygen atoms in total. The van der Waals surface area contributed by atoms with E-state index in [0.717, 1.165) is 50.2 Å². The minimum Gasteiger partial charge on any atom is -0.347 e. The summed E-state index contributed by atoms with van der Waals surface area (Å²) < 4.78 is 0. The van der Waals surface area contributed by atoms with E-state index in [2.05, 4.69) is 84.2 Å². The Morgan fingerprint density at radius 1 is 1.21 bits per heavy atom. The number of hydrogen-bond donors (Lipinski definition) is 3. The molecule has 1 atom stereocenters. The van der Waals surface area contributed by atoms with Gasteiger partial charge in [-0.1, -0.05) is 56.7 Å². The summed E-state index contributed by atoms with van der Waals surface area (Å²) in [7, 11) is 7.61. The number of likely N-dealkylation sites (N-methyl/N-ethyl adjacent to an activating group) is 2. The lowest BCUT2D eigenvalue weighted by Gasteiger charge is -2.23. The van der Waals surface area contributed by atoms with E-state index in [9.17, 15) is 9.59 Å². The molecular weight excluding hydrogens is 486 g/mol. The summed E-state index contributed by atoms with van der Waals surface area (Å²) in [6.45, 7) is 17.7. The zero-order valence-corrected chi connectivity index (χ0v) is 25.6. The summed E-state index contributed by atoms with van der Waals surface area (Å²) in [4.78, 5) is 25.5. The van der Waals surface area contributed by atoms with Gasteiger partial charge >= 0.3 is 0 Å². The maximum atomic E-state index is 10.2. The van der Waals surface area contributed by atoms with Crippen LogP contribution in [0.5, 0.6) is 0 Å². The zero-order chi connectivity index (χ0) is 30.5. The quantitative estimate of drug-likeness (QED) is 0.137. The van der Waals surface area contributed by atoms with Crippen LogP contribution in [0.1, 0.15) is 52.0 Å². The third-order valence-corrected chi connectivity index (χ3v) is 5.47. The summed E-state index contributed by atoms with van der Waals surface area (Å²) in [5, 5.41) is 9.14. The van der Waals surface area contributed by atoms with Gasteiger partial charge in [0, 0.05) is 44.1 Å². The SMILES string of the molecule is C#CCC=O.C=C(CNC)N(C)c1ccccc1C.C=CC(=NC)N/C=C(/C)CC.CCC(C=O)CCNC. The molecule has 1 rings (SSSR count). The summed E-state index contributed by atoms with van der Waals surface area (Å²) in [5.74, 6) is 3.21. The molecule has 0 aliphatic carbocycles. The zero-order valence-electron chi connectivity index (χ0n) is 25.6. The molecule has 218 valence electrons. The summed E-state index contributed by atoms with van der Waals surface area (Å²) in [5.41, 5.74) is 4.86. The average molecular weight is 540 g/mol. The number of benzene rings is 1. The number of amidine groups is 1. The first-order chi connectivity index (χ1) is 18.7. The second-order valence-electron chi connectivity index (χ2n) is 8.52. The van der Waals surface area contributed by atoms with Crippen molar-refractivity contribution in [1.82, 2.24) is 16.0 Å². The summed E-state index contributed by atoms with van der Waals surface area (Å²) in [6.07, 6.45) is 13.3. The van der Waals surface area contributed by atoms with Crippen LogP contribution in [0, 0.1) is 25.2 Å². The maximum Gasteiger partial charge on any atom is 0.131 e. The number of aldehydes is 2. The fourth-order valence-electron chi connectivity index (χ4n) is 2.69. The van der Waals surface area contributed by atoms with Crippen molar-refractivity contribution in [3.8, 4) is 12.3 Å². The molecule has 3 N–H and O–H groups in total. The predicted octanol–water partition coefficient (Wildman–Crippen LogP) is 5.30. The lowest BCUT2D eigenvalue weighted by molar-refractivity contribution is -0.111. The number of allylic oxidation sites excluding steroid dienone is 1. The van der Waals surface area contributed by atoms with E-state index in [1.54, 1.807) is 13.1 Å². The summed E-state index contributed by atoms with van der Waals surface area (Å²) in [6, 6.07) is 8.31. The molecule has 1 aromatic carbocycles. The average Bonchev–Trinajstić information content (AvgIpc) is 2.95. The van der Waals surface area contributed by atoms with Crippen LogP contribution in [0.2, 0.25) is 0 Å². The van der Waals surface area contributed by atoms with Crippen LogP contribution in [0.15, 0.2) is 66.0 Å². The van der Waals surface area contributed by atoms with Crippen molar-refractivity contribution in [3.05, 3.63) is 66.5 Å². The number of hydrogen-bond acceptors (Lipinski definition) is 6. The number of carbonyl (C=O) groups is 2. The Morgan fingerprint density at radius 2 is 1.85 bits per heavy atom. The van der Waals surface area contributed by atoms with Gasteiger partial charge in [-0.3, -0.25) is 4.99 Å². The molecule has 1 unspecified atom stereocenters. The van der Waals surface area contributed by atoms with Gasteiger partial charge in [0.15, 0.2) is 0 Å². The number of rotatable bonds is 13. The van der Waals surface area contributed by atoms with Gasteiger partial charge in [-0.05, 0) is 71.5 Å². The minimum absolute atomic E-state index is 0.236. The maximum absolute atomic E-state index is 10.2. The van der Waals surface area contributed by atoms with Crippen LogP contribution in [-0.2, 0) is 9.59 Å². The molecule has 0 saturated heterocycles. The lowest BCUT2D eigenvalue weighted by atomic mass is 10.1. The van der Waals surface area contributed by atoms with Crippen molar-refractivity contribution < 1.29 is 9.59 Å². The molecular formula is C32H53N5O2. The molecule has 0 heterocycles. The molecule has 1 aromatic rings. The number of nitrogens with zero attached hydrogens (tertiary/aromatic N) is 2. The van der Waals surface area contributed by atoms with Crippen LogP contribution in [-0.4, -0.2) is 59.7 Å². The van der Waals surface area contributed by atoms with Gasteiger partial charge in [-0.15, -0.1) is 6.42 Å². The number of nitrogens with one attached hydrogen (secondary N) is 3. The van der Waals surface area contributed by atoms with Crippen LogP contribution in [0.4, 0.5) is 5.69 Å². The van der Waals surface area contributed by atoms with Gasteiger partial charge in [0.1, 0.15) is 18.4 Å². The Bertz CT molecular complexity index is 900. The van der Waals surface area contributed by atoms with Crippen molar-refractivity contribution in [3.63, 3.8) is 0 Å². The second kappa shape index (κ2) is 29.1. The topological polar surface area (TPSA) is 85.8 Å². The van der Waals surface area contributed by atoms with Crippen molar-refractivity contribution in [1.29, 1.82) is 0 Å². The van der Waals surface area contributed by atoms with Crippen molar-refractivity contribution >= 4 is 24.1 Å².